The van der Waals surface area contributed by atoms with Gasteiger partial charge in [-0.05, 0) is 54.8 Å². The first kappa shape index (κ1) is 20.9. The smallest absolute Gasteiger partial charge is 0.265 e. The number of para-hydroxylation sites is 1. The number of hydrogen-bond acceptors (Lipinski definition) is 4. The lowest BCUT2D eigenvalue weighted by Crippen LogP contribution is -2.34. The normalized spacial score (nSPS) is 16.6. The van der Waals surface area contributed by atoms with Gasteiger partial charge in [-0.15, -0.1) is 0 Å². The molecular formula is C25H26N2O4. The van der Waals surface area contributed by atoms with E-state index in [1.165, 1.54) is 0 Å². The van der Waals surface area contributed by atoms with E-state index in [4.69, 9.17) is 9.47 Å². The van der Waals surface area contributed by atoms with Crippen molar-refractivity contribution in [1.82, 2.24) is 5.32 Å². The highest BCUT2D eigenvalue weighted by molar-refractivity contribution is 6.04. The highest BCUT2D eigenvalue weighted by atomic mass is 16.5. The molecule has 4 rings (SSSR count). The molecule has 0 unspecified atom stereocenters. The maximum absolute atomic E-state index is 12.7. The van der Waals surface area contributed by atoms with Crippen molar-refractivity contribution >= 4 is 28.3 Å². The van der Waals surface area contributed by atoms with Gasteiger partial charge in [0.1, 0.15) is 5.75 Å². The van der Waals surface area contributed by atoms with Gasteiger partial charge in [0, 0.05) is 13.2 Å². The molecule has 1 aliphatic rings. The summed E-state index contributed by atoms with van der Waals surface area (Å²) >= 11 is 0. The molecule has 0 spiro atoms. The van der Waals surface area contributed by atoms with Gasteiger partial charge in [0.05, 0.1) is 17.4 Å². The number of fused-ring (bicyclic) bond motifs is 1. The average molecular weight is 418 g/mol. The van der Waals surface area contributed by atoms with E-state index in [-0.39, 0.29) is 17.9 Å². The van der Waals surface area contributed by atoms with E-state index in [0.717, 1.165) is 30.2 Å². The second-order valence-corrected chi connectivity index (χ2v) is 7.65. The van der Waals surface area contributed by atoms with Crippen molar-refractivity contribution in [3.8, 4) is 5.75 Å². The van der Waals surface area contributed by atoms with E-state index >= 15 is 0 Å². The van der Waals surface area contributed by atoms with E-state index in [9.17, 15) is 9.59 Å². The first-order chi connectivity index (χ1) is 15.1. The molecule has 3 aromatic rings. The zero-order valence-corrected chi connectivity index (χ0v) is 17.5. The summed E-state index contributed by atoms with van der Waals surface area (Å²) in [6, 6.07) is 20.6. The number of anilines is 1. The number of rotatable bonds is 7. The van der Waals surface area contributed by atoms with Gasteiger partial charge in [0.15, 0.2) is 6.10 Å². The summed E-state index contributed by atoms with van der Waals surface area (Å²) in [6.45, 7) is 2.88. The quantitative estimate of drug-likeness (QED) is 0.604. The molecule has 0 radical (unpaired) electrons. The Labute approximate surface area is 181 Å². The molecule has 2 amide bonds. The van der Waals surface area contributed by atoms with Crippen LogP contribution in [0, 0.1) is 0 Å². The molecule has 1 aliphatic heterocycles. The van der Waals surface area contributed by atoms with Crippen molar-refractivity contribution in [3.63, 3.8) is 0 Å². The SMILES string of the molecule is C[C@H](Oc1ccc2ccccc2c1)C(=O)Nc1ccccc1C(=O)NC[C@H]1CCCO1. The lowest BCUT2D eigenvalue weighted by Gasteiger charge is -2.17. The maximum atomic E-state index is 12.7. The van der Waals surface area contributed by atoms with Crippen LogP contribution in [0.4, 0.5) is 5.69 Å². The van der Waals surface area contributed by atoms with E-state index in [0.29, 0.717) is 23.5 Å². The van der Waals surface area contributed by atoms with Gasteiger partial charge in [-0.25, -0.2) is 0 Å². The van der Waals surface area contributed by atoms with Gasteiger partial charge < -0.3 is 20.1 Å². The van der Waals surface area contributed by atoms with Crippen LogP contribution in [0.25, 0.3) is 10.8 Å². The van der Waals surface area contributed by atoms with Crippen molar-refractivity contribution in [3.05, 3.63) is 72.3 Å². The summed E-state index contributed by atoms with van der Waals surface area (Å²) in [5.74, 6) is 0.0472. The van der Waals surface area contributed by atoms with Crippen molar-refractivity contribution in [2.75, 3.05) is 18.5 Å². The number of amides is 2. The third-order valence-electron chi connectivity index (χ3n) is 5.35. The van der Waals surface area contributed by atoms with Crippen molar-refractivity contribution in [2.45, 2.75) is 32.0 Å². The van der Waals surface area contributed by atoms with Crippen molar-refractivity contribution in [1.29, 1.82) is 0 Å². The van der Waals surface area contributed by atoms with E-state index in [2.05, 4.69) is 10.6 Å². The van der Waals surface area contributed by atoms with Crippen LogP contribution in [0.15, 0.2) is 66.7 Å². The largest absolute Gasteiger partial charge is 0.481 e. The molecule has 31 heavy (non-hydrogen) atoms. The van der Waals surface area contributed by atoms with Gasteiger partial charge in [0.2, 0.25) is 0 Å². The average Bonchev–Trinajstić information content (AvgIpc) is 3.31. The molecule has 3 aromatic carbocycles. The Morgan fingerprint density at radius 3 is 2.65 bits per heavy atom. The standard InChI is InChI=1S/C25H26N2O4/c1-17(31-20-13-12-18-7-2-3-8-19(18)15-20)24(28)27-23-11-5-4-10-22(23)25(29)26-16-21-9-6-14-30-21/h2-5,7-8,10-13,15,17,21H,6,9,14,16H2,1H3,(H,26,29)(H,27,28)/t17-,21+/m0/s1. The molecule has 1 fully saturated rings. The number of nitrogens with one attached hydrogen (secondary N) is 2. The monoisotopic (exact) mass is 418 g/mol. The second kappa shape index (κ2) is 9.62. The van der Waals surface area contributed by atoms with Crippen LogP contribution in [0.5, 0.6) is 5.75 Å². The summed E-state index contributed by atoms with van der Waals surface area (Å²) in [5, 5.41) is 7.86. The molecule has 6 heteroatoms. The van der Waals surface area contributed by atoms with Crippen LogP contribution in [0.1, 0.15) is 30.1 Å². The van der Waals surface area contributed by atoms with Crippen LogP contribution in [-0.2, 0) is 9.53 Å². The summed E-state index contributed by atoms with van der Waals surface area (Å²) in [5.41, 5.74) is 0.859. The molecule has 0 bridgehead atoms. The minimum Gasteiger partial charge on any atom is -0.481 e. The molecule has 2 N–H and O–H groups in total. The summed E-state index contributed by atoms with van der Waals surface area (Å²) in [4.78, 5) is 25.4. The van der Waals surface area contributed by atoms with E-state index in [1.54, 1.807) is 31.2 Å². The Morgan fingerprint density at radius 2 is 1.84 bits per heavy atom. The Balaban J connectivity index is 1.39. The zero-order valence-electron chi connectivity index (χ0n) is 17.5. The molecular weight excluding hydrogens is 392 g/mol. The molecule has 1 saturated heterocycles. The van der Waals surface area contributed by atoms with Gasteiger partial charge in [-0.2, -0.15) is 0 Å². The first-order valence-electron chi connectivity index (χ1n) is 10.6. The summed E-state index contributed by atoms with van der Waals surface area (Å²) < 4.78 is 11.4. The predicted octanol–water partition coefficient (Wildman–Crippen LogP) is 4.15. The predicted molar refractivity (Wildman–Crippen MR) is 120 cm³/mol. The number of benzene rings is 3. The summed E-state index contributed by atoms with van der Waals surface area (Å²) in [7, 11) is 0. The minimum atomic E-state index is -0.732. The molecule has 1 heterocycles. The molecule has 2 atom stereocenters. The Morgan fingerprint density at radius 1 is 1.06 bits per heavy atom. The number of carbonyl (C=O) groups is 2. The lowest BCUT2D eigenvalue weighted by molar-refractivity contribution is -0.122. The molecule has 0 aromatic heterocycles. The van der Waals surface area contributed by atoms with E-state index in [1.807, 2.05) is 42.5 Å². The minimum absolute atomic E-state index is 0.0566. The van der Waals surface area contributed by atoms with Gasteiger partial charge in [-0.1, -0.05) is 42.5 Å². The topological polar surface area (TPSA) is 76.7 Å². The number of hydrogen-bond donors (Lipinski definition) is 2. The molecule has 160 valence electrons. The van der Waals surface area contributed by atoms with Crippen molar-refractivity contribution < 1.29 is 19.1 Å². The second-order valence-electron chi connectivity index (χ2n) is 7.65. The highest BCUT2D eigenvalue weighted by Gasteiger charge is 2.20. The molecule has 0 aliphatic carbocycles. The molecule has 0 saturated carbocycles. The molecule has 6 nitrogen and oxygen atoms in total. The van der Waals surface area contributed by atoms with Crippen LogP contribution in [0.2, 0.25) is 0 Å². The Hall–Kier alpha value is -3.38. The van der Waals surface area contributed by atoms with Crippen LogP contribution >= 0.6 is 0 Å². The maximum Gasteiger partial charge on any atom is 0.265 e. The fraction of sp³-hybridized carbons (Fsp3) is 0.280. The lowest BCUT2D eigenvalue weighted by atomic mass is 10.1. The fourth-order valence-corrected chi connectivity index (χ4v) is 3.63. The number of ether oxygens (including phenoxy) is 2. The van der Waals surface area contributed by atoms with Gasteiger partial charge in [0.25, 0.3) is 11.8 Å². The van der Waals surface area contributed by atoms with Gasteiger partial charge in [-0.3, -0.25) is 9.59 Å². The number of carbonyl (C=O) groups excluding carboxylic acids is 2. The third-order valence-corrected chi connectivity index (χ3v) is 5.35. The zero-order chi connectivity index (χ0) is 21.6. The third kappa shape index (κ3) is 5.22. The van der Waals surface area contributed by atoms with Crippen LogP contribution in [0.3, 0.4) is 0 Å². The van der Waals surface area contributed by atoms with Crippen LogP contribution in [-0.4, -0.2) is 37.2 Å². The highest BCUT2D eigenvalue weighted by Crippen LogP contribution is 2.22. The fourth-order valence-electron chi connectivity index (χ4n) is 3.63. The Bertz CT molecular complexity index is 1080. The first-order valence-corrected chi connectivity index (χ1v) is 10.6. The van der Waals surface area contributed by atoms with Crippen LogP contribution < -0.4 is 15.4 Å². The van der Waals surface area contributed by atoms with E-state index < -0.39 is 6.10 Å². The summed E-state index contributed by atoms with van der Waals surface area (Å²) in [6.07, 6.45) is 1.29. The van der Waals surface area contributed by atoms with Crippen molar-refractivity contribution in [2.24, 2.45) is 0 Å². The Kier molecular flexibility index (Phi) is 6.48. The van der Waals surface area contributed by atoms with Gasteiger partial charge >= 0.3 is 0 Å².